The molecule has 2 heterocycles. The van der Waals surface area contributed by atoms with Crippen LogP contribution in [0, 0.1) is 11.3 Å². The quantitative estimate of drug-likeness (QED) is 0.229. The smallest absolute Gasteiger partial charge is 0.303 e. The molecule has 0 radical (unpaired) electrons. The number of aromatic nitrogens is 1. The number of nitrogens with zero attached hydrogens (tertiary/aromatic N) is 2. The maximum Gasteiger partial charge on any atom is 0.303 e. The third-order valence-electron chi connectivity index (χ3n) is 5.94. The lowest BCUT2D eigenvalue weighted by atomic mass is 9.85. The van der Waals surface area contributed by atoms with Crippen LogP contribution in [0.2, 0.25) is 0 Å². The molecule has 0 bridgehead atoms. The highest BCUT2D eigenvalue weighted by Crippen LogP contribution is 2.43. The van der Waals surface area contributed by atoms with Crippen molar-refractivity contribution in [3.8, 4) is 11.8 Å². The third kappa shape index (κ3) is 7.89. The molecule has 3 rings (SSSR count). The summed E-state index contributed by atoms with van der Waals surface area (Å²) in [5.74, 6) is -0.184. The number of pyridine rings is 1. The van der Waals surface area contributed by atoms with E-state index in [1.165, 1.54) is 29.8 Å². The Labute approximate surface area is 227 Å². The predicted molar refractivity (Wildman–Crippen MR) is 139 cm³/mol. The van der Waals surface area contributed by atoms with Gasteiger partial charge in [-0.2, -0.15) is 22.1 Å². The van der Waals surface area contributed by atoms with Crippen LogP contribution in [0.4, 0.5) is 0 Å². The van der Waals surface area contributed by atoms with E-state index in [4.69, 9.17) is 17.8 Å². The van der Waals surface area contributed by atoms with Crippen molar-refractivity contribution in [1.29, 1.82) is 5.26 Å². The van der Waals surface area contributed by atoms with Gasteiger partial charge in [-0.1, -0.05) is 0 Å². The van der Waals surface area contributed by atoms with E-state index >= 15 is 0 Å². The molecular formula is C25H30N2O10S2. The molecule has 1 aliphatic rings. The van der Waals surface area contributed by atoms with Crippen molar-refractivity contribution in [1.82, 2.24) is 4.57 Å². The number of esters is 1. The molecule has 39 heavy (non-hydrogen) atoms. The zero-order chi connectivity index (χ0) is 29.2. The van der Waals surface area contributed by atoms with Crippen molar-refractivity contribution >= 4 is 26.2 Å². The van der Waals surface area contributed by atoms with Gasteiger partial charge in [0.15, 0.2) is 6.10 Å². The first-order valence-electron chi connectivity index (χ1n) is 11.9. The van der Waals surface area contributed by atoms with Gasteiger partial charge in [0.2, 0.25) is 0 Å². The number of ether oxygens (including phenoxy) is 2. The van der Waals surface area contributed by atoms with Crippen molar-refractivity contribution in [3.63, 3.8) is 0 Å². The van der Waals surface area contributed by atoms with E-state index in [0.29, 0.717) is 16.9 Å². The van der Waals surface area contributed by atoms with Gasteiger partial charge < -0.3 is 14.0 Å². The number of hydrogen-bond acceptors (Lipinski definition) is 11. The molecule has 1 aromatic heterocycles. The van der Waals surface area contributed by atoms with Crippen LogP contribution in [0.25, 0.3) is 0 Å². The Morgan fingerprint density at radius 3 is 2.41 bits per heavy atom. The van der Waals surface area contributed by atoms with E-state index in [2.05, 4.69) is 0 Å². The van der Waals surface area contributed by atoms with Gasteiger partial charge in [0.25, 0.3) is 25.8 Å². The summed E-state index contributed by atoms with van der Waals surface area (Å²) in [5, 5.41) is 9.44. The summed E-state index contributed by atoms with van der Waals surface area (Å²) in [6, 6.07) is 8.62. The SMILES string of the molecule is CC(=O)O[C@@H]1[C@@H](n2ccc(C(CCCOS(C)(=O)=O)OS(C)(=O)=O)cc2=O)c2cc(C#N)ccc2OC1(C)C. The summed E-state index contributed by atoms with van der Waals surface area (Å²) in [6.45, 7) is 4.46. The average molecular weight is 583 g/mol. The fourth-order valence-corrected chi connectivity index (χ4v) is 5.45. The molecule has 0 N–H and O–H groups in total. The van der Waals surface area contributed by atoms with Crippen LogP contribution < -0.4 is 10.3 Å². The van der Waals surface area contributed by atoms with Crippen molar-refractivity contribution in [2.24, 2.45) is 0 Å². The van der Waals surface area contributed by atoms with E-state index in [0.717, 1.165) is 12.5 Å². The number of rotatable bonds is 10. The number of benzene rings is 1. The highest BCUT2D eigenvalue weighted by Gasteiger charge is 2.47. The van der Waals surface area contributed by atoms with Crippen molar-refractivity contribution < 1.29 is 39.5 Å². The van der Waals surface area contributed by atoms with E-state index in [-0.39, 0.29) is 25.0 Å². The maximum absolute atomic E-state index is 13.5. The molecule has 0 aliphatic carbocycles. The van der Waals surface area contributed by atoms with Gasteiger partial charge in [-0.3, -0.25) is 18.0 Å². The summed E-state index contributed by atoms with van der Waals surface area (Å²) in [5.41, 5.74) is -0.614. The highest BCUT2D eigenvalue weighted by molar-refractivity contribution is 7.86. The Morgan fingerprint density at radius 2 is 1.85 bits per heavy atom. The molecule has 1 aliphatic heterocycles. The van der Waals surface area contributed by atoms with Gasteiger partial charge in [-0.25, -0.2) is 0 Å². The van der Waals surface area contributed by atoms with Crippen molar-refractivity contribution in [2.75, 3.05) is 19.1 Å². The molecule has 1 aromatic carbocycles. The maximum atomic E-state index is 13.5. The van der Waals surface area contributed by atoms with E-state index in [1.807, 2.05) is 6.07 Å². The predicted octanol–water partition coefficient (Wildman–Crippen LogP) is 2.19. The second-order valence-corrected chi connectivity index (χ2v) is 13.0. The Morgan fingerprint density at radius 1 is 1.15 bits per heavy atom. The van der Waals surface area contributed by atoms with Crippen LogP contribution in [-0.4, -0.2) is 58.2 Å². The van der Waals surface area contributed by atoms with Gasteiger partial charge >= 0.3 is 5.97 Å². The Balaban J connectivity index is 2.06. The van der Waals surface area contributed by atoms with Crippen LogP contribution in [-0.2, 0) is 38.1 Å². The standard InChI is InChI=1S/C25H30N2O10S2/c1-16(28)35-24-23(19-13-17(15-26)8-9-21(19)36-25(24,2)3)27-11-10-18(14-22(27)29)20(37-39(5,32)33)7-6-12-34-38(4,30)31/h8-11,13-14,20,23-24H,6-7,12H2,1-5H3/t20?,23-,24+/m0/s1. The molecule has 12 nitrogen and oxygen atoms in total. The van der Waals surface area contributed by atoms with Gasteiger partial charge in [-0.15, -0.1) is 0 Å². The van der Waals surface area contributed by atoms with Gasteiger partial charge in [0.1, 0.15) is 23.5 Å². The topological polar surface area (TPSA) is 168 Å². The first-order valence-corrected chi connectivity index (χ1v) is 15.5. The van der Waals surface area contributed by atoms with Crippen LogP contribution in [0.15, 0.2) is 41.3 Å². The molecule has 1 unspecified atom stereocenters. The average Bonchev–Trinajstić information content (AvgIpc) is 2.80. The van der Waals surface area contributed by atoms with Crippen LogP contribution in [0.5, 0.6) is 5.75 Å². The fourth-order valence-electron chi connectivity index (χ4n) is 4.40. The molecule has 2 aromatic rings. The minimum Gasteiger partial charge on any atom is -0.484 e. The largest absolute Gasteiger partial charge is 0.484 e. The second kappa shape index (κ2) is 11.5. The summed E-state index contributed by atoms with van der Waals surface area (Å²) in [6.07, 6.45) is 1.31. The molecule has 3 atom stereocenters. The third-order valence-corrected chi connectivity index (χ3v) is 7.11. The monoisotopic (exact) mass is 582 g/mol. The molecule has 0 fully saturated rings. The summed E-state index contributed by atoms with van der Waals surface area (Å²) in [7, 11) is -7.62. The lowest BCUT2D eigenvalue weighted by molar-refractivity contribution is -0.163. The van der Waals surface area contributed by atoms with Crippen LogP contribution in [0.1, 0.15) is 62.4 Å². The second-order valence-electron chi connectivity index (χ2n) is 9.71. The molecule has 0 amide bonds. The molecule has 0 spiro atoms. The Kier molecular flexibility index (Phi) is 8.91. The zero-order valence-electron chi connectivity index (χ0n) is 22.1. The lowest BCUT2D eigenvalue weighted by Crippen LogP contribution is -2.54. The zero-order valence-corrected chi connectivity index (χ0v) is 23.7. The van der Waals surface area contributed by atoms with Crippen molar-refractivity contribution in [2.45, 2.75) is 57.5 Å². The first-order chi connectivity index (χ1) is 18.0. The number of hydrogen-bond donors (Lipinski definition) is 0. The number of carbonyl (C=O) groups excluding carboxylic acids is 1. The highest BCUT2D eigenvalue weighted by atomic mass is 32.2. The van der Waals surface area contributed by atoms with Gasteiger partial charge in [0, 0.05) is 24.8 Å². The number of carbonyl (C=O) groups is 1. The van der Waals surface area contributed by atoms with Gasteiger partial charge in [-0.05, 0) is 56.5 Å². The summed E-state index contributed by atoms with van der Waals surface area (Å²) >= 11 is 0. The lowest BCUT2D eigenvalue weighted by Gasteiger charge is -2.44. The molecule has 0 saturated heterocycles. The van der Waals surface area contributed by atoms with E-state index < -0.39 is 55.6 Å². The van der Waals surface area contributed by atoms with Crippen molar-refractivity contribution in [3.05, 3.63) is 63.6 Å². The fraction of sp³-hybridized carbons (Fsp3) is 0.480. The summed E-state index contributed by atoms with van der Waals surface area (Å²) < 4.78 is 69.2. The summed E-state index contributed by atoms with van der Waals surface area (Å²) in [4.78, 5) is 25.5. The Hall–Kier alpha value is -3.25. The van der Waals surface area contributed by atoms with E-state index in [9.17, 15) is 31.7 Å². The Bertz CT molecular complexity index is 1560. The minimum atomic E-state index is -3.94. The first kappa shape index (κ1) is 30.3. The molecule has 14 heteroatoms. The molecule has 212 valence electrons. The van der Waals surface area contributed by atoms with Gasteiger partial charge in [0.05, 0.1) is 30.8 Å². The van der Waals surface area contributed by atoms with Crippen LogP contribution in [0.3, 0.4) is 0 Å². The molecular weight excluding hydrogens is 552 g/mol. The number of nitriles is 1. The number of fused-ring (bicyclic) bond motifs is 1. The molecule has 0 saturated carbocycles. The van der Waals surface area contributed by atoms with E-state index in [1.54, 1.807) is 32.0 Å². The minimum absolute atomic E-state index is 0.0424. The van der Waals surface area contributed by atoms with Crippen LogP contribution >= 0.6 is 0 Å². The normalized spacial score (nSPS) is 19.3.